The van der Waals surface area contributed by atoms with Crippen LogP contribution in [0.4, 0.5) is 4.79 Å². The van der Waals surface area contributed by atoms with Gasteiger partial charge in [0.05, 0.1) is 6.04 Å². The van der Waals surface area contributed by atoms with E-state index in [9.17, 15) is 4.79 Å². The van der Waals surface area contributed by atoms with Crippen LogP contribution in [0.5, 0.6) is 0 Å². The summed E-state index contributed by atoms with van der Waals surface area (Å²) in [6.45, 7) is 6.89. The van der Waals surface area contributed by atoms with Gasteiger partial charge in [-0.25, -0.2) is 4.79 Å². The van der Waals surface area contributed by atoms with Crippen molar-refractivity contribution in [3.8, 4) is 0 Å². The third-order valence-electron chi connectivity index (χ3n) is 2.53. The van der Waals surface area contributed by atoms with E-state index in [1.54, 1.807) is 0 Å². The molecule has 1 heterocycles. The van der Waals surface area contributed by atoms with E-state index < -0.39 is 0 Å². The van der Waals surface area contributed by atoms with E-state index in [0.717, 1.165) is 6.42 Å². The lowest BCUT2D eigenvalue weighted by molar-refractivity contribution is 0.169. The molecular weight excluding hydrogens is 142 g/mol. The number of carbonyl (C=O) groups is 1. The van der Waals surface area contributed by atoms with Gasteiger partial charge in [0.2, 0.25) is 0 Å². The molecule has 0 aliphatic carbocycles. The topological polar surface area (TPSA) is 38.3 Å². The summed E-state index contributed by atoms with van der Waals surface area (Å²) in [6, 6.07) is 0.181. The Bertz CT molecular complexity index is 165. The first-order chi connectivity index (χ1) is 5.06. The summed E-state index contributed by atoms with van der Waals surface area (Å²) in [6.07, 6.45) is 0.762. The largest absolute Gasteiger partial charge is 0.447 e. The van der Waals surface area contributed by atoms with E-state index in [1.165, 1.54) is 0 Å². The summed E-state index contributed by atoms with van der Waals surface area (Å²) in [5.74, 6) is 0. The van der Waals surface area contributed by atoms with Gasteiger partial charge in [0.1, 0.15) is 6.61 Å². The van der Waals surface area contributed by atoms with Gasteiger partial charge in [-0.2, -0.15) is 0 Å². The molecule has 0 saturated carbocycles. The Morgan fingerprint density at radius 2 is 2.36 bits per heavy atom. The van der Waals surface area contributed by atoms with Crippen LogP contribution in [-0.4, -0.2) is 18.7 Å². The highest BCUT2D eigenvalue weighted by atomic mass is 16.6. The summed E-state index contributed by atoms with van der Waals surface area (Å²) in [5, 5.41) is 2.78. The summed E-state index contributed by atoms with van der Waals surface area (Å²) < 4.78 is 4.80. The normalized spacial score (nSPS) is 24.6. The minimum absolute atomic E-state index is 0.145. The molecule has 0 unspecified atom stereocenters. The average Bonchev–Trinajstić information content (AvgIpc) is 2.36. The quantitative estimate of drug-likeness (QED) is 0.660. The number of nitrogens with one attached hydrogen (secondary N) is 1. The molecule has 1 aliphatic rings. The molecule has 1 fully saturated rings. The Balaban J connectivity index is 2.55. The van der Waals surface area contributed by atoms with Crippen LogP contribution in [0, 0.1) is 5.41 Å². The molecule has 0 bridgehead atoms. The molecule has 0 aromatic carbocycles. The van der Waals surface area contributed by atoms with E-state index in [2.05, 4.69) is 26.1 Å². The van der Waals surface area contributed by atoms with Crippen molar-refractivity contribution >= 4 is 6.09 Å². The van der Waals surface area contributed by atoms with Gasteiger partial charge in [-0.05, 0) is 11.8 Å². The summed E-state index contributed by atoms with van der Waals surface area (Å²) in [7, 11) is 0. The van der Waals surface area contributed by atoms with Crippen LogP contribution in [0.25, 0.3) is 0 Å². The van der Waals surface area contributed by atoms with Gasteiger partial charge in [-0.3, -0.25) is 0 Å². The fourth-order valence-electron chi connectivity index (χ4n) is 1.05. The van der Waals surface area contributed by atoms with Crippen molar-refractivity contribution in [3.05, 3.63) is 0 Å². The highest BCUT2D eigenvalue weighted by Crippen LogP contribution is 2.26. The van der Waals surface area contributed by atoms with Crippen LogP contribution in [0.1, 0.15) is 27.2 Å². The maximum atomic E-state index is 10.7. The Morgan fingerprint density at radius 1 is 1.73 bits per heavy atom. The molecule has 1 rings (SSSR count). The molecule has 1 N–H and O–H groups in total. The van der Waals surface area contributed by atoms with Crippen molar-refractivity contribution in [1.82, 2.24) is 5.32 Å². The molecule has 3 nitrogen and oxygen atoms in total. The zero-order chi connectivity index (χ0) is 8.48. The zero-order valence-corrected chi connectivity index (χ0v) is 7.31. The van der Waals surface area contributed by atoms with Crippen LogP contribution < -0.4 is 5.32 Å². The third-order valence-corrected chi connectivity index (χ3v) is 2.53. The molecule has 1 aliphatic heterocycles. The highest BCUT2D eigenvalue weighted by Gasteiger charge is 2.34. The molecule has 0 radical (unpaired) electrons. The smallest absolute Gasteiger partial charge is 0.407 e. The molecule has 3 heteroatoms. The molecule has 1 atom stereocenters. The third kappa shape index (κ3) is 1.64. The van der Waals surface area contributed by atoms with Crippen molar-refractivity contribution in [3.63, 3.8) is 0 Å². The summed E-state index contributed by atoms with van der Waals surface area (Å²) in [5.41, 5.74) is 0.145. The van der Waals surface area contributed by atoms with E-state index in [-0.39, 0.29) is 17.6 Å². The van der Waals surface area contributed by atoms with E-state index in [4.69, 9.17) is 4.74 Å². The van der Waals surface area contributed by atoms with Crippen LogP contribution >= 0.6 is 0 Å². The lowest BCUT2D eigenvalue weighted by Crippen LogP contribution is -2.39. The Labute approximate surface area is 67.1 Å². The molecule has 1 amide bonds. The highest BCUT2D eigenvalue weighted by molar-refractivity contribution is 5.69. The van der Waals surface area contributed by atoms with Crippen molar-refractivity contribution in [2.45, 2.75) is 33.2 Å². The second-order valence-electron chi connectivity index (χ2n) is 3.64. The summed E-state index contributed by atoms with van der Waals surface area (Å²) >= 11 is 0. The monoisotopic (exact) mass is 157 g/mol. The molecular formula is C8H15NO2. The molecule has 0 aromatic heterocycles. The van der Waals surface area contributed by atoms with Gasteiger partial charge in [0.25, 0.3) is 0 Å². The van der Waals surface area contributed by atoms with Gasteiger partial charge in [-0.15, -0.1) is 0 Å². The molecule has 11 heavy (non-hydrogen) atoms. The number of ether oxygens (including phenoxy) is 1. The first-order valence-electron chi connectivity index (χ1n) is 3.99. The first kappa shape index (κ1) is 8.37. The lowest BCUT2D eigenvalue weighted by atomic mass is 9.83. The number of rotatable bonds is 2. The number of hydrogen-bond donors (Lipinski definition) is 1. The van der Waals surface area contributed by atoms with E-state index >= 15 is 0 Å². The lowest BCUT2D eigenvalue weighted by Gasteiger charge is -2.27. The van der Waals surface area contributed by atoms with Gasteiger partial charge < -0.3 is 10.1 Å². The van der Waals surface area contributed by atoms with Gasteiger partial charge in [0.15, 0.2) is 0 Å². The Kier molecular flexibility index (Phi) is 2.07. The summed E-state index contributed by atoms with van der Waals surface area (Å²) in [4.78, 5) is 10.7. The second kappa shape index (κ2) is 2.72. The van der Waals surface area contributed by atoms with Gasteiger partial charge in [0, 0.05) is 0 Å². The van der Waals surface area contributed by atoms with Crippen molar-refractivity contribution < 1.29 is 9.53 Å². The molecule has 0 spiro atoms. The predicted octanol–water partition coefficient (Wildman–Crippen LogP) is 1.53. The van der Waals surface area contributed by atoms with Crippen molar-refractivity contribution in [2.24, 2.45) is 5.41 Å². The van der Waals surface area contributed by atoms with Gasteiger partial charge >= 0.3 is 6.09 Å². The number of cyclic esters (lactones) is 1. The second-order valence-corrected chi connectivity index (χ2v) is 3.64. The standard InChI is InChI=1S/C8H15NO2/c1-4-8(2,3)6-5-11-7(10)9-6/h6H,4-5H2,1-3H3,(H,9,10)/t6-/m1/s1. The predicted molar refractivity (Wildman–Crippen MR) is 42.3 cm³/mol. The minimum atomic E-state index is -0.281. The maximum Gasteiger partial charge on any atom is 0.407 e. The maximum absolute atomic E-state index is 10.7. The van der Waals surface area contributed by atoms with Crippen LogP contribution in [0.15, 0.2) is 0 Å². The SMILES string of the molecule is CCC(C)(C)[C@H]1COC(=O)N1. The van der Waals surface area contributed by atoms with Crippen molar-refractivity contribution in [1.29, 1.82) is 0 Å². The fourth-order valence-corrected chi connectivity index (χ4v) is 1.05. The van der Waals surface area contributed by atoms with E-state index in [1.807, 2.05) is 0 Å². The Hall–Kier alpha value is -0.730. The minimum Gasteiger partial charge on any atom is -0.447 e. The Morgan fingerprint density at radius 3 is 2.73 bits per heavy atom. The van der Waals surface area contributed by atoms with Crippen molar-refractivity contribution in [2.75, 3.05) is 6.61 Å². The van der Waals surface area contributed by atoms with Crippen LogP contribution in [-0.2, 0) is 4.74 Å². The fraction of sp³-hybridized carbons (Fsp3) is 0.875. The molecule has 0 aromatic rings. The molecule has 64 valence electrons. The number of amides is 1. The number of alkyl carbamates (subject to hydrolysis) is 1. The number of carbonyl (C=O) groups excluding carboxylic acids is 1. The molecule has 1 saturated heterocycles. The number of hydrogen-bond acceptors (Lipinski definition) is 2. The van der Waals surface area contributed by atoms with Crippen LogP contribution in [0.3, 0.4) is 0 Å². The zero-order valence-electron chi connectivity index (χ0n) is 7.31. The first-order valence-corrected chi connectivity index (χ1v) is 3.99. The van der Waals surface area contributed by atoms with Gasteiger partial charge in [-0.1, -0.05) is 20.8 Å². The average molecular weight is 157 g/mol. The van der Waals surface area contributed by atoms with Crippen LogP contribution in [0.2, 0.25) is 0 Å². The van der Waals surface area contributed by atoms with E-state index in [0.29, 0.717) is 6.61 Å².